The summed E-state index contributed by atoms with van der Waals surface area (Å²) in [4.78, 5) is 0. The molecule has 0 aliphatic rings. The van der Waals surface area contributed by atoms with E-state index in [-0.39, 0.29) is 19.0 Å². The first-order valence-electron chi connectivity index (χ1n) is 8.90. The van der Waals surface area contributed by atoms with E-state index in [9.17, 15) is 0 Å². The Labute approximate surface area is 162 Å². The van der Waals surface area contributed by atoms with Gasteiger partial charge in [0.05, 0.1) is 7.11 Å². The number of unbranched alkanes of at least 4 members (excludes halogenated alkanes) is 2. The number of hydrogen-bond acceptors (Lipinski definition) is 4. The van der Waals surface area contributed by atoms with Crippen LogP contribution >= 0.6 is 12.4 Å². The number of nitrogens with one attached hydrogen (secondary N) is 1. The first-order chi connectivity index (χ1) is 12.2. The molecule has 0 aliphatic heterocycles. The summed E-state index contributed by atoms with van der Waals surface area (Å²) in [6.45, 7) is 4.53. The van der Waals surface area contributed by atoms with E-state index < -0.39 is 0 Å². The minimum absolute atomic E-state index is 0. The van der Waals surface area contributed by atoms with E-state index in [1.165, 1.54) is 5.56 Å². The molecule has 2 N–H and O–H groups in total. The van der Waals surface area contributed by atoms with Crippen molar-refractivity contribution >= 4 is 12.4 Å². The highest BCUT2D eigenvalue weighted by Crippen LogP contribution is 2.31. The molecule has 0 bridgehead atoms. The summed E-state index contributed by atoms with van der Waals surface area (Å²) in [5, 5.41) is 12.3. The van der Waals surface area contributed by atoms with Gasteiger partial charge in [0.1, 0.15) is 6.61 Å². The van der Waals surface area contributed by atoms with Crippen LogP contribution < -0.4 is 14.8 Å². The van der Waals surface area contributed by atoms with Crippen LogP contribution in [0.1, 0.15) is 36.0 Å². The Kier molecular flexibility index (Phi) is 10.8. The molecule has 0 spiro atoms. The summed E-state index contributed by atoms with van der Waals surface area (Å²) in [5.74, 6) is 1.56. The number of benzene rings is 2. The summed E-state index contributed by atoms with van der Waals surface area (Å²) in [6.07, 6.45) is 2.97. The monoisotopic (exact) mass is 379 g/mol. The second-order valence-electron chi connectivity index (χ2n) is 6.18. The van der Waals surface area contributed by atoms with Gasteiger partial charge in [-0.15, -0.1) is 12.4 Å². The van der Waals surface area contributed by atoms with E-state index in [0.29, 0.717) is 6.61 Å². The van der Waals surface area contributed by atoms with E-state index >= 15 is 0 Å². The Morgan fingerprint density at radius 3 is 2.46 bits per heavy atom. The van der Waals surface area contributed by atoms with Crippen molar-refractivity contribution in [2.75, 3.05) is 20.3 Å². The number of para-hydroxylation sites is 1. The van der Waals surface area contributed by atoms with Crippen LogP contribution in [0.15, 0.2) is 42.5 Å². The fourth-order valence-corrected chi connectivity index (χ4v) is 2.63. The number of hydrogen-bond donors (Lipinski definition) is 2. The van der Waals surface area contributed by atoms with E-state index in [1.54, 1.807) is 7.11 Å². The van der Waals surface area contributed by atoms with Gasteiger partial charge in [-0.3, -0.25) is 0 Å². The Bertz CT molecular complexity index is 632. The van der Waals surface area contributed by atoms with Crippen LogP contribution in [-0.2, 0) is 13.2 Å². The summed E-state index contributed by atoms with van der Waals surface area (Å²) >= 11 is 0. The number of halogens is 1. The Balaban J connectivity index is 0.00000338. The molecule has 5 heteroatoms. The molecular weight excluding hydrogens is 350 g/mol. The van der Waals surface area contributed by atoms with Gasteiger partial charge in [0.15, 0.2) is 11.5 Å². The standard InChI is InChI=1S/C21H29NO3.ClH/c1-17-9-11-18(12-10-17)16-25-21-19(7-6-8-20(21)24-2)15-22-13-4-3-5-14-23;/h6-12,22-23H,3-5,13-16H2,1-2H3;1H. The lowest BCUT2D eigenvalue weighted by Crippen LogP contribution is -2.16. The van der Waals surface area contributed by atoms with Crippen LogP contribution in [0, 0.1) is 6.92 Å². The lowest BCUT2D eigenvalue weighted by Gasteiger charge is -2.16. The summed E-state index contributed by atoms with van der Waals surface area (Å²) < 4.78 is 11.6. The van der Waals surface area contributed by atoms with Crippen molar-refractivity contribution in [3.63, 3.8) is 0 Å². The van der Waals surface area contributed by atoms with Gasteiger partial charge in [0.2, 0.25) is 0 Å². The number of aryl methyl sites for hydroxylation is 1. The first-order valence-corrected chi connectivity index (χ1v) is 8.90. The zero-order chi connectivity index (χ0) is 17.9. The molecule has 0 amide bonds. The molecule has 0 saturated carbocycles. The third kappa shape index (κ3) is 7.24. The van der Waals surface area contributed by atoms with Gasteiger partial charge in [-0.1, -0.05) is 42.0 Å². The van der Waals surface area contributed by atoms with Gasteiger partial charge in [-0.25, -0.2) is 0 Å². The minimum Gasteiger partial charge on any atom is -0.493 e. The molecule has 2 rings (SSSR count). The van der Waals surface area contributed by atoms with Gasteiger partial charge < -0.3 is 19.9 Å². The molecule has 0 unspecified atom stereocenters. The number of rotatable bonds is 11. The maximum absolute atomic E-state index is 8.81. The van der Waals surface area contributed by atoms with Crippen LogP contribution in [-0.4, -0.2) is 25.4 Å². The average Bonchev–Trinajstić information content (AvgIpc) is 2.64. The number of aliphatic hydroxyl groups excluding tert-OH is 1. The van der Waals surface area contributed by atoms with Crippen molar-refractivity contribution in [1.82, 2.24) is 5.32 Å². The number of ether oxygens (including phenoxy) is 2. The van der Waals surface area contributed by atoms with Gasteiger partial charge in [0.25, 0.3) is 0 Å². The highest BCUT2D eigenvalue weighted by molar-refractivity contribution is 5.85. The highest BCUT2D eigenvalue weighted by Gasteiger charge is 2.10. The highest BCUT2D eigenvalue weighted by atomic mass is 35.5. The Hall–Kier alpha value is -1.75. The lowest BCUT2D eigenvalue weighted by atomic mass is 10.1. The maximum atomic E-state index is 8.81. The molecule has 0 atom stereocenters. The second kappa shape index (κ2) is 12.6. The van der Waals surface area contributed by atoms with Crippen LogP contribution in [0.5, 0.6) is 11.5 Å². The van der Waals surface area contributed by atoms with Crippen LogP contribution in [0.2, 0.25) is 0 Å². The van der Waals surface area contributed by atoms with Gasteiger partial charge in [-0.05, 0) is 44.4 Å². The van der Waals surface area contributed by atoms with Crippen LogP contribution in [0.3, 0.4) is 0 Å². The Morgan fingerprint density at radius 2 is 1.77 bits per heavy atom. The predicted molar refractivity (Wildman–Crippen MR) is 108 cm³/mol. The molecule has 2 aromatic rings. The van der Waals surface area contributed by atoms with E-state index in [1.807, 2.05) is 12.1 Å². The van der Waals surface area contributed by atoms with Crippen LogP contribution in [0.4, 0.5) is 0 Å². The zero-order valence-corrected chi connectivity index (χ0v) is 16.5. The van der Waals surface area contributed by atoms with Crippen molar-refractivity contribution in [2.45, 2.75) is 39.3 Å². The molecule has 0 fully saturated rings. The van der Waals surface area contributed by atoms with E-state index in [4.69, 9.17) is 14.6 Å². The molecule has 0 aromatic heterocycles. The third-order valence-electron chi connectivity index (χ3n) is 4.11. The molecule has 4 nitrogen and oxygen atoms in total. The van der Waals surface area contributed by atoms with E-state index in [2.05, 4.69) is 42.6 Å². The van der Waals surface area contributed by atoms with Crippen molar-refractivity contribution in [3.05, 3.63) is 59.2 Å². The van der Waals surface area contributed by atoms with Gasteiger partial charge in [-0.2, -0.15) is 0 Å². The SMILES string of the molecule is COc1cccc(CNCCCCCO)c1OCc1ccc(C)cc1.Cl. The van der Waals surface area contributed by atoms with Crippen molar-refractivity contribution in [3.8, 4) is 11.5 Å². The molecular formula is C21H30ClNO3. The van der Waals surface area contributed by atoms with Gasteiger partial charge >= 0.3 is 0 Å². The fourth-order valence-electron chi connectivity index (χ4n) is 2.63. The molecule has 0 radical (unpaired) electrons. The summed E-state index contributed by atoms with van der Waals surface area (Å²) in [7, 11) is 1.67. The summed E-state index contributed by atoms with van der Waals surface area (Å²) in [5.41, 5.74) is 3.47. The normalized spacial score (nSPS) is 10.3. The minimum atomic E-state index is 0. The number of methoxy groups -OCH3 is 1. The topological polar surface area (TPSA) is 50.7 Å². The number of aliphatic hydroxyl groups is 1. The fraction of sp³-hybridized carbons (Fsp3) is 0.429. The van der Waals surface area contributed by atoms with Crippen molar-refractivity contribution < 1.29 is 14.6 Å². The average molecular weight is 380 g/mol. The maximum Gasteiger partial charge on any atom is 0.166 e. The smallest absolute Gasteiger partial charge is 0.166 e. The Morgan fingerprint density at radius 1 is 1.00 bits per heavy atom. The molecule has 0 heterocycles. The molecule has 0 saturated heterocycles. The predicted octanol–water partition coefficient (Wildman–Crippen LogP) is 4.26. The largest absolute Gasteiger partial charge is 0.493 e. The van der Waals surface area contributed by atoms with Crippen LogP contribution in [0.25, 0.3) is 0 Å². The molecule has 2 aromatic carbocycles. The van der Waals surface area contributed by atoms with Crippen molar-refractivity contribution in [1.29, 1.82) is 0 Å². The molecule has 0 aliphatic carbocycles. The van der Waals surface area contributed by atoms with E-state index in [0.717, 1.165) is 55.0 Å². The zero-order valence-electron chi connectivity index (χ0n) is 15.7. The van der Waals surface area contributed by atoms with Crippen molar-refractivity contribution in [2.24, 2.45) is 0 Å². The lowest BCUT2D eigenvalue weighted by molar-refractivity contribution is 0.279. The molecule has 144 valence electrons. The quantitative estimate of drug-likeness (QED) is 0.573. The van der Waals surface area contributed by atoms with Gasteiger partial charge in [0, 0.05) is 18.7 Å². The second-order valence-corrected chi connectivity index (χ2v) is 6.18. The third-order valence-corrected chi connectivity index (χ3v) is 4.11. The molecule has 26 heavy (non-hydrogen) atoms. The summed E-state index contributed by atoms with van der Waals surface area (Å²) in [6, 6.07) is 14.3. The first kappa shape index (κ1) is 22.3.